The van der Waals surface area contributed by atoms with Gasteiger partial charge in [0.1, 0.15) is 5.69 Å². The number of aliphatic imine (C=N–C) groups is 1. The van der Waals surface area contributed by atoms with Crippen molar-refractivity contribution in [3.05, 3.63) is 66.7 Å². The predicted octanol–water partition coefficient (Wildman–Crippen LogP) is 3.46. The topological polar surface area (TPSA) is 79.9 Å². The van der Waals surface area contributed by atoms with Gasteiger partial charge in [-0.15, -0.1) is 6.58 Å². The van der Waals surface area contributed by atoms with E-state index in [1.165, 1.54) is 0 Å². The number of anilines is 1. The molecule has 1 atom stereocenters. The largest absolute Gasteiger partial charge is 0.404 e. The average Bonchev–Trinajstić information content (AvgIpc) is 2.86. The van der Waals surface area contributed by atoms with Gasteiger partial charge in [-0.05, 0) is 18.9 Å². The molecule has 0 radical (unpaired) electrons. The van der Waals surface area contributed by atoms with Gasteiger partial charge < -0.3 is 15.4 Å². The highest BCUT2D eigenvalue weighted by molar-refractivity contribution is 5.98. The summed E-state index contributed by atoms with van der Waals surface area (Å²) in [5.74, 6) is 0.926. The molecule has 1 saturated heterocycles. The van der Waals surface area contributed by atoms with E-state index in [1.54, 1.807) is 32.8 Å². The molecule has 3 rings (SSSR count). The van der Waals surface area contributed by atoms with Gasteiger partial charge in [0.2, 0.25) is 0 Å². The first kappa shape index (κ1) is 23.6. The van der Waals surface area contributed by atoms with E-state index in [1.807, 2.05) is 13.0 Å². The summed E-state index contributed by atoms with van der Waals surface area (Å²) in [5, 5.41) is 0. The summed E-state index contributed by atoms with van der Waals surface area (Å²) in [5.41, 5.74) is 11.0. The summed E-state index contributed by atoms with van der Waals surface area (Å²) >= 11 is 0. The first-order valence-electron chi connectivity index (χ1n) is 11.0. The van der Waals surface area contributed by atoms with Crippen LogP contribution in [0.4, 0.5) is 5.82 Å². The maximum Gasteiger partial charge on any atom is 0.155 e. The third-order valence-corrected chi connectivity index (χ3v) is 5.97. The number of rotatable bonds is 9. The average molecular weight is 435 g/mol. The Morgan fingerprint density at radius 2 is 1.88 bits per heavy atom. The molecule has 7 heteroatoms. The number of benzene rings is 1. The molecule has 2 N–H and O–H groups in total. The zero-order valence-corrected chi connectivity index (χ0v) is 19.4. The minimum Gasteiger partial charge on any atom is -0.404 e. The lowest BCUT2D eigenvalue weighted by Crippen LogP contribution is -2.47. The fourth-order valence-corrected chi connectivity index (χ4v) is 3.93. The lowest BCUT2D eigenvalue weighted by Gasteiger charge is -2.36. The second-order valence-electron chi connectivity index (χ2n) is 7.86. The first-order valence-corrected chi connectivity index (χ1v) is 11.0. The quantitative estimate of drug-likeness (QED) is 0.481. The van der Waals surface area contributed by atoms with Crippen LogP contribution in [0.15, 0.2) is 66.1 Å². The molecule has 0 aliphatic carbocycles. The van der Waals surface area contributed by atoms with Crippen LogP contribution in [-0.2, 0) is 4.74 Å². The van der Waals surface area contributed by atoms with Crippen LogP contribution < -0.4 is 10.6 Å². The fourth-order valence-electron chi connectivity index (χ4n) is 3.93. The van der Waals surface area contributed by atoms with Crippen LogP contribution in [-0.4, -0.2) is 67.5 Å². The van der Waals surface area contributed by atoms with Crippen molar-refractivity contribution in [2.24, 2.45) is 10.7 Å². The predicted molar refractivity (Wildman–Crippen MR) is 132 cm³/mol. The molecule has 1 aliphatic rings. The van der Waals surface area contributed by atoms with Crippen molar-refractivity contribution >= 4 is 11.5 Å². The molecule has 0 spiro atoms. The zero-order valence-electron chi connectivity index (χ0n) is 19.4. The van der Waals surface area contributed by atoms with Crippen molar-refractivity contribution in [3.63, 3.8) is 0 Å². The van der Waals surface area contributed by atoms with Gasteiger partial charge in [0, 0.05) is 82.3 Å². The van der Waals surface area contributed by atoms with Gasteiger partial charge in [0.15, 0.2) is 5.82 Å². The lowest BCUT2D eigenvalue weighted by atomic mass is 10.0. The number of piperazine rings is 1. The number of nitrogens with zero attached hydrogens (tertiary/aromatic N) is 5. The summed E-state index contributed by atoms with van der Waals surface area (Å²) in [6, 6.07) is 8.39. The zero-order chi connectivity index (χ0) is 22.9. The van der Waals surface area contributed by atoms with E-state index in [0.717, 1.165) is 73.1 Å². The molecule has 2 aromatic rings. The Hall–Kier alpha value is -3.03. The van der Waals surface area contributed by atoms with E-state index in [2.05, 4.69) is 55.6 Å². The Balaban J connectivity index is 1.72. The minimum atomic E-state index is 0.0183. The van der Waals surface area contributed by atoms with Gasteiger partial charge in [-0.25, -0.2) is 4.98 Å². The molecule has 0 saturated carbocycles. The second-order valence-corrected chi connectivity index (χ2v) is 7.86. The van der Waals surface area contributed by atoms with Crippen LogP contribution in [0.25, 0.3) is 11.3 Å². The van der Waals surface area contributed by atoms with Crippen LogP contribution >= 0.6 is 0 Å². The maximum absolute atomic E-state index is 5.81. The van der Waals surface area contributed by atoms with E-state index < -0.39 is 0 Å². The molecule has 1 aromatic carbocycles. The number of ether oxygens (including phenoxy) is 1. The van der Waals surface area contributed by atoms with Crippen molar-refractivity contribution in [1.82, 2.24) is 14.9 Å². The third kappa shape index (κ3) is 5.60. The van der Waals surface area contributed by atoms with Gasteiger partial charge in [-0.1, -0.05) is 30.3 Å². The van der Waals surface area contributed by atoms with Crippen LogP contribution in [0.2, 0.25) is 0 Å². The Kier molecular flexibility index (Phi) is 8.53. The molecule has 1 unspecified atom stereocenters. The second kappa shape index (κ2) is 11.5. The molecule has 2 heterocycles. The summed E-state index contributed by atoms with van der Waals surface area (Å²) < 4.78 is 5.58. The Morgan fingerprint density at radius 3 is 2.47 bits per heavy atom. The number of aromatic nitrogens is 2. The minimum absolute atomic E-state index is 0.0183. The molecule has 1 aliphatic heterocycles. The van der Waals surface area contributed by atoms with Gasteiger partial charge in [-0.2, -0.15) is 0 Å². The van der Waals surface area contributed by atoms with Crippen molar-refractivity contribution in [3.8, 4) is 11.3 Å². The van der Waals surface area contributed by atoms with Crippen molar-refractivity contribution in [2.45, 2.75) is 19.4 Å². The van der Waals surface area contributed by atoms with E-state index in [0.29, 0.717) is 0 Å². The lowest BCUT2D eigenvalue weighted by molar-refractivity contribution is 0.106. The summed E-state index contributed by atoms with van der Waals surface area (Å²) in [6.45, 7) is 10.3. The first-order chi connectivity index (χ1) is 15.6. The van der Waals surface area contributed by atoms with Crippen LogP contribution in [0.3, 0.4) is 0 Å². The molecular formula is C25H34N6O. The van der Waals surface area contributed by atoms with Crippen molar-refractivity contribution < 1.29 is 4.74 Å². The van der Waals surface area contributed by atoms with Crippen LogP contribution in [0, 0.1) is 0 Å². The molecule has 170 valence electrons. The fraction of sp³-hybridized carbons (Fsp3) is 0.400. The number of nitrogens with two attached hydrogens (primary N) is 1. The number of hydrogen-bond donors (Lipinski definition) is 1. The molecule has 32 heavy (non-hydrogen) atoms. The third-order valence-electron chi connectivity index (χ3n) is 5.97. The number of methoxy groups -OCH3 is 1. The highest BCUT2D eigenvalue weighted by atomic mass is 16.5. The van der Waals surface area contributed by atoms with Crippen LogP contribution in [0.5, 0.6) is 0 Å². The van der Waals surface area contributed by atoms with E-state index in [-0.39, 0.29) is 6.10 Å². The van der Waals surface area contributed by atoms with Crippen molar-refractivity contribution in [2.75, 3.05) is 51.8 Å². The standard InChI is InChI=1S/C25H34N6O/c1-5-6-23(32-4)20-7-9-21(10-8-20)24-25(29-12-11-28-24)31-15-13-30(14-16-31)18-22(17-26)19(2)27-3/h5,7-12,17,23H,1,6,13-16,18,26H2,2-4H3. The smallest absolute Gasteiger partial charge is 0.155 e. The number of hydrogen-bond acceptors (Lipinski definition) is 7. The van der Waals surface area contributed by atoms with Gasteiger partial charge in [-0.3, -0.25) is 14.9 Å². The molecule has 0 bridgehead atoms. The van der Waals surface area contributed by atoms with Gasteiger partial charge >= 0.3 is 0 Å². The maximum atomic E-state index is 5.81. The summed E-state index contributed by atoms with van der Waals surface area (Å²) in [6.07, 6.45) is 7.87. The molecule has 1 aromatic heterocycles. The monoisotopic (exact) mass is 434 g/mol. The summed E-state index contributed by atoms with van der Waals surface area (Å²) in [4.78, 5) is 18.3. The Morgan fingerprint density at radius 1 is 1.19 bits per heavy atom. The van der Waals surface area contributed by atoms with E-state index in [9.17, 15) is 0 Å². The molecule has 1 fully saturated rings. The van der Waals surface area contributed by atoms with E-state index in [4.69, 9.17) is 10.5 Å². The van der Waals surface area contributed by atoms with Gasteiger partial charge in [0.25, 0.3) is 0 Å². The molecule has 0 amide bonds. The Labute approximate surface area is 191 Å². The Bertz CT molecular complexity index is 945. The van der Waals surface area contributed by atoms with Crippen LogP contribution in [0.1, 0.15) is 25.0 Å². The van der Waals surface area contributed by atoms with Crippen molar-refractivity contribution in [1.29, 1.82) is 0 Å². The van der Waals surface area contributed by atoms with Gasteiger partial charge in [0.05, 0.1) is 6.10 Å². The molecule has 7 nitrogen and oxygen atoms in total. The highest BCUT2D eigenvalue weighted by Crippen LogP contribution is 2.29. The summed E-state index contributed by atoms with van der Waals surface area (Å²) in [7, 11) is 3.53. The van der Waals surface area contributed by atoms with E-state index >= 15 is 0 Å². The SMILES string of the molecule is C=CCC(OC)c1ccc(-c2nccnc2N2CCN(CC(=CN)C(C)=NC)CC2)cc1. The highest BCUT2D eigenvalue weighted by Gasteiger charge is 2.22. The normalized spacial score (nSPS) is 16.8. The molecular weight excluding hydrogens is 400 g/mol.